The van der Waals surface area contributed by atoms with E-state index in [4.69, 9.17) is 11.6 Å². The molecule has 0 saturated heterocycles. The summed E-state index contributed by atoms with van der Waals surface area (Å²) in [5, 5.41) is 3.26. The molecule has 0 spiro atoms. The Morgan fingerprint density at radius 2 is 2.10 bits per heavy atom. The summed E-state index contributed by atoms with van der Waals surface area (Å²) in [4.78, 5) is 11.6. The predicted octanol–water partition coefficient (Wildman–Crippen LogP) is 2.56. The third kappa shape index (κ3) is 6.39. The topological polar surface area (TPSA) is 63.2 Å². The molecule has 0 aliphatic carbocycles. The largest absolute Gasteiger partial charge is 0.354 e. The predicted molar refractivity (Wildman–Crippen MR) is 81.5 cm³/mol. The summed E-state index contributed by atoms with van der Waals surface area (Å²) in [5.74, 6) is -0.472. The number of carbonyl (C=O) groups is 1. The van der Waals surface area contributed by atoms with Crippen molar-refractivity contribution in [1.82, 2.24) is 5.32 Å². The summed E-state index contributed by atoms with van der Waals surface area (Å²) in [6, 6.07) is 6.80. The van der Waals surface area contributed by atoms with E-state index in [0.29, 0.717) is 10.6 Å². The van der Waals surface area contributed by atoms with Crippen molar-refractivity contribution in [3.05, 3.63) is 34.9 Å². The Morgan fingerprint density at radius 3 is 2.70 bits per heavy atom. The molecular weight excluding hydrogens is 298 g/mol. The third-order valence-electron chi connectivity index (χ3n) is 2.94. The van der Waals surface area contributed by atoms with Gasteiger partial charge in [-0.3, -0.25) is 4.79 Å². The van der Waals surface area contributed by atoms with Crippen LogP contribution in [0.1, 0.15) is 32.3 Å². The Morgan fingerprint density at radius 1 is 1.40 bits per heavy atom. The molecular formula is C14H20ClNO3S. The molecule has 0 aliphatic rings. The van der Waals surface area contributed by atoms with Gasteiger partial charge in [0.25, 0.3) is 0 Å². The summed E-state index contributed by atoms with van der Waals surface area (Å²) in [7, 11) is -3.31. The van der Waals surface area contributed by atoms with Crippen LogP contribution in [0.2, 0.25) is 5.02 Å². The van der Waals surface area contributed by atoms with Crippen LogP contribution in [0.3, 0.4) is 0 Å². The number of halogens is 1. The molecule has 1 atom stereocenters. The van der Waals surface area contributed by atoms with Gasteiger partial charge in [-0.05, 0) is 31.0 Å². The zero-order valence-corrected chi connectivity index (χ0v) is 13.3. The van der Waals surface area contributed by atoms with E-state index in [-0.39, 0.29) is 29.9 Å². The Balaban J connectivity index is 2.52. The number of sulfone groups is 1. The maximum Gasteiger partial charge on any atom is 0.221 e. The lowest BCUT2D eigenvalue weighted by molar-refractivity contribution is -0.121. The van der Waals surface area contributed by atoms with Gasteiger partial charge < -0.3 is 5.32 Å². The molecule has 1 N–H and O–H groups in total. The van der Waals surface area contributed by atoms with Crippen molar-refractivity contribution < 1.29 is 13.2 Å². The van der Waals surface area contributed by atoms with Crippen LogP contribution < -0.4 is 5.32 Å². The maximum absolute atomic E-state index is 11.9. The van der Waals surface area contributed by atoms with Gasteiger partial charge in [-0.2, -0.15) is 0 Å². The molecule has 6 heteroatoms. The highest BCUT2D eigenvalue weighted by molar-refractivity contribution is 7.90. The van der Waals surface area contributed by atoms with Crippen molar-refractivity contribution >= 4 is 27.3 Å². The number of hydrogen-bond donors (Lipinski definition) is 1. The molecule has 1 rings (SSSR count). The molecule has 112 valence electrons. The fourth-order valence-corrected chi connectivity index (χ4v) is 3.19. The molecule has 1 amide bonds. The molecule has 0 bridgehead atoms. The van der Waals surface area contributed by atoms with Crippen LogP contribution in [-0.2, 0) is 20.4 Å². The second kappa shape index (κ2) is 7.64. The smallest absolute Gasteiger partial charge is 0.221 e. The van der Waals surface area contributed by atoms with E-state index in [1.54, 1.807) is 24.3 Å². The van der Waals surface area contributed by atoms with Crippen LogP contribution in [0.5, 0.6) is 0 Å². The summed E-state index contributed by atoms with van der Waals surface area (Å²) in [5.41, 5.74) is 0.639. The van der Waals surface area contributed by atoms with Crippen molar-refractivity contribution in [3.8, 4) is 0 Å². The van der Waals surface area contributed by atoms with Gasteiger partial charge in [-0.15, -0.1) is 0 Å². The standard InChI is InChI=1S/C14H20ClNO3S/c1-3-11(2)16-14(17)7-8-20(18,19)10-12-5-4-6-13(15)9-12/h4-6,9,11H,3,7-8,10H2,1-2H3,(H,16,17). The molecule has 0 aliphatic heterocycles. The number of rotatable bonds is 7. The maximum atomic E-state index is 11.9. The van der Waals surface area contributed by atoms with Crippen LogP contribution in [0.15, 0.2) is 24.3 Å². The Hall–Kier alpha value is -1.07. The summed E-state index contributed by atoms with van der Waals surface area (Å²) < 4.78 is 23.9. The van der Waals surface area contributed by atoms with Crippen LogP contribution >= 0.6 is 11.6 Å². The Bertz CT molecular complexity index is 557. The lowest BCUT2D eigenvalue weighted by atomic mass is 10.2. The molecule has 0 aromatic heterocycles. The van der Waals surface area contributed by atoms with Gasteiger partial charge in [0.05, 0.1) is 11.5 Å². The Labute approximate surface area is 125 Å². The second-order valence-corrected chi connectivity index (χ2v) is 7.47. The number of carbonyl (C=O) groups excluding carboxylic acids is 1. The average molecular weight is 318 g/mol. The monoisotopic (exact) mass is 317 g/mol. The molecule has 1 aromatic rings. The van der Waals surface area contributed by atoms with E-state index in [1.807, 2.05) is 13.8 Å². The lowest BCUT2D eigenvalue weighted by Gasteiger charge is -2.11. The highest BCUT2D eigenvalue weighted by Gasteiger charge is 2.15. The molecule has 20 heavy (non-hydrogen) atoms. The molecule has 0 fully saturated rings. The molecule has 1 unspecified atom stereocenters. The van der Waals surface area contributed by atoms with Gasteiger partial charge in [0.2, 0.25) is 5.91 Å². The van der Waals surface area contributed by atoms with Crippen molar-refractivity contribution in [2.24, 2.45) is 0 Å². The first kappa shape index (κ1) is 17.0. The van der Waals surface area contributed by atoms with Crippen molar-refractivity contribution in [2.75, 3.05) is 5.75 Å². The van der Waals surface area contributed by atoms with Crippen LogP contribution in [0.25, 0.3) is 0 Å². The van der Waals surface area contributed by atoms with Crippen LogP contribution in [0, 0.1) is 0 Å². The molecule has 1 aromatic carbocycles. The van der Waals surface area contributed by atoms with Crippen molar-refractivity contribution in [2.45, 2.75) is 38.5 Å². The third-order valence-corrected chi connectivity index (χ3v) is 4.77. The molecule has 4 nitrogen and oxygen atoms in total. The van der Waals surface area contributed by atoms with Gasteiger partial charge >= 0.3 is 0 Å². The van der Waals surface area contributed by atoms with E-state index in [2.05, 4.69) is 5.32 Å². The van der Waals surface area contributed by atoms with E-state index in [0.717, 1.165) is 6.42 Å². The van der Waals surface area contributed by atoms with E-state index >= 15 is 0 Å². The number of nitrogens with one attached hydrogen (secondary N) is 1. The highest BCUT2D eigenvalue weighted by atomic mass is 35.5. The zero-order valence-electron chi connectivity index (χ0n) is 11.7. The van der Waals surface area contributed by atoms with E-state index < -0.39 is 9.84 Å². The second-order valence-electron chi connectivity index (χ2n) is 4.85. The fraction of sp³-hybridized carbons (Fsp3) is 0.500. The Kier molecular flexibility index (Phi) is 6.49. The normalized spacial score (nSPS) is 12.9. The lowest BCUT2D eigenvalue weighted by Crippen LogP contribution is -2.33. The minimum atomic E-state index is -3.31. The molecule has 0 radical (unpaired) electrons. The van der Waals surface area contributed by atoms with Gasteiger partial charge in [0, 0.05) is 17.5 Å². The summed E-state index contributed by atoms with van der Waals surface area (Å²) in [6.45, 7) is 3.85. The van der Waals surface area contributed by atoms with Crippen molar-refractivity contribution in [3.63, 3.8) is 0 Å². The van der Waals surface area contributed by atoms with E-state index in [9.17, 15) is 13.2 Å². The quantitative estimate of drug-likeness (QED) is 0.840. The highest BCUT2D eigenvalue weighted by Crippen LogP contribution is 2.14. The summed E-state index contributed by atoms with van der Waals surface area (Å²) in [6.07, 6.45) is 0.814. The SMILES string of the molecule is CCC(C)NC(=O)CCS(=O)(=O)Cc1cccc(Cl)c1. The first-order valence-corrected chi connectivity index (χ1v) is 8.76. The van der Waals surface area contributed by atoms with Gasteiger partial charge in [-0.25, -0.2) is 8.42 Å². The number of hydrogen-bond acceptors (Lipinski definition) is 3. The van der Waals surface area contributed by atoms with Crippen LogP contribution in [0.4, 0.5) is 0 Å². The van der Waals surface area contributed by atoms with Gasteiger partial charge in [-0.1, -0.05) is 30.7 Å². The van der Waals surface area contributed by atoms with Gasteiger partial charge in [0.15, 0.2) is 9.84 Å². The van der Waals surface area contributed by atoms with Gasteiger partial charge in [0.1, 0.15) is 0 Å². The van der Waals surface area contributed by atoms with Crippen LogP contribution in [-0.4, -0.2) is 26.1 Å². The first-order valence-electron chi connectivity index (χ1n) is 6.56. The minimum Gasteiger partial charge on any atom is -0.354 e. The average Bonchev–Trinajstić information content (AvgIpc) is 2.36. The molecule has 0 heterocycles. The van der Waals surface area contributed by atoms with E-state index in [1.165, 1.54) is 0 Å². The first-order chi connectivity index (χ1) is 9.32. The minimum absolute atomic E-state index is 0.00671. The fourth-order valence-electron chi connectivity index (χ4n) is 1.65. The molecule has 0 saturated carbocycles. The zero-order chi connectivity index (χ0) is 15.2. The number of benzene rings is 1. The van der Waals surface area contributed by atoms with Crippen molar-refractivity contribution in [1.29, 1.82) is 0 Å². The summed E-state index contributed by atoms with van der Waals surface area (Å²) >= 11 is 5.82. The number of amides is 1.